The van der Waals surface area contributed by atoms with Crippen LogP contribution in [0.2, 0.25) is 0 Å². The molecule has 0 saturated carbocycles. The van der Waals surface area contributed by atoms with Crippen LogP contribution in [-0.4, -0.2) is 0 Å². The van der Waals surface area contributed by atoms with Crippen LogP contribution in [-0.2, 0) is 16.5 Å². The molecule has 1 heteroatoms. The van der Waals surface area contributed by atoms with Gasteiger partial charge in [0.15, 0.2) is 0 Å². The van der Waals surface area contributed by atoms with Crippen molar-refractivity contribution in [2.75, 3.05) is 0 Å². The van der Waals surface area contributed by atoms with Crippen LogP contribution in [0.15, 0.2) is 0 Å². The molecule has 0 N–H and O–H groups in total. The number of hydrogen-bond donors (Lipinski definition) is 0. The molecule has 0 atom stereocenters. The fraction of sp³-hybridized carbons (Fsp3) is 0.875. The van der Waals surface area contributed by atoms with E-state index in [0.717, 1.165) is 5.92 Å². The standard InChI is InChI=1S/C8H17.Ni/c1-7(2)5-6-8(3)4;/h7H,5-6H2,1-4H3;/q-1;. The molecule has 0 aliphatic rings. The van der Waals surface area contributed by atoms with Crippen molar-refractivity contribution in [3.05, 3.63) is 5.92 Å². The largest absolute Gasteiger partial charge is 0.320 e. The van der Waals surface area contributed by atoms with E-state index in [2.05, 4.69) is 27.7 Å². The summed E-state index contributed by atoms with van der Waals surface area (Å²) in [6, 6.07) is 0. The second kappa shape index (κ2) is 6.61. The summed E-state index contributed by atoms with van der Waals surface area (Å²) >= 11 is 0. The third-order valence-corrected chi connectivity index (χ3v) is 1.22. The van der Waals surface area contributed by atoms with E-state index in [-0.39, 0.29) is 16.5 Å². The van der Waals surface area contributed by atoms with Crippen LogP contribution >= 0.6 is 0 Å². The van der Waals surface area contributed by atoms with Crippen LogP contribution in [0, 0.1) is 11.8 Å². The Morgan fingerprint density at radius 3 is 1.78 bits per heavy atom. The minimum atomic E-state index is 0. The van der Waals surface area contributed by atoms with Crippen molar-refractivity contribution < 1.29 is 16.5 Å². The molecule has 0 aromatic carbocycles. The predicted octanol–water partition coefficient (Wildman–Crippen LogP) is 3.03. The van der Waals surface area contributed by atoms with Gasteiger partial charge in [0.2, 0.25) is 0 Å². The monoisotopic (exact) mass is 171 g/mol. The first-order valence-electron chi connectivity index (χ1n) is 3.42. The molecule has 0 fully saturated rings. The molecule has 9 heavy (non-hydrogen) atoms. The van der Waals surface area contributed by atoms with Crippen LogP contribution in [0.5, 0.6) is 0 Å². The molecule has 0 aromatic rings. The predicted molar refractivity (Wildman–Crippen MR) is 38.7 cm³/mol. The number of rotatable bonds is 3. The molecule has 0 unspecified atom stereocenters. The quantitative estimate of drug-likeness (QED) is 0.453. The summed E-state index contributed by atoms with van der Waals surface area (Å²) in [5, 5.41) is 0. The van der Waals surface area contributed by atoms with E-state index in [1.165, 1.54) is 12.8 Å². The van der Waals surface area contributed by atoms with Crippen LogP contribution in [0.25, 0.3) is 0 Å². The van der Waals surface area contributed by atoms with Crippen molar-refractivity contribution >= 4 is 0 Å². The van der Waals surface area contributed by atoms with Crippen LogP contribution in [0.1, 0.15) is 40.5 Å². The van der Waals surface area contributed by atoms with Gasteiger partial charge in [-0.1, -0.05) is 20.3 Å². The second-order valence-electron chi connectivity index (χ2n) is 3.14. The molecule has 0 radical (unpaired) electrons. The molecular weight excluding hydrogens is 155 g/mol. The van der Waals surface area contributed by atoms with Gasteiger partial charge in [0.05, 0.1) is 0 Å². The topological polar surface area (TPSA) is 0 Å². The Bertz CT molecular complexity index is 40.5. The van der Waals surface area contributed by atoms with Gasteiger partial charge in [-0.15, -0.1) is 0 Å². The minimum Gasteiger partial charge on any atom is -0.320 e. The summed E-state index contributed by atoms with van der Waals surface area (Å²) in [6.45, 7) is 8.93. The molecule has 0 aliphatic heterocycles. The SMILES string of the molecule is C[C-](C)CCC(C)C.[Ni]. The molecular formula is C8H17Ni-. The molecule has 0 heterocycles. The Morgan fingerprint density at radius 1 is 1.22 bits per heavy atom. The van der Waals surface area contributed by atoms with Crippen LogP contribution < -0.4 is 0 Å². The number of hydrogen-bond acceptors (Lipinski definition) is 0. The summed E-state index contributed by atoms with van der Waals surface area (Å²) in [5.41, 5.74) is 0. The second-order valence-corrected chi connectivity index (χ2v) is 3.14. The van der Waals surface area contributed by atoms with Crippen molar-refractivity contribution in [2.45, 2.75) is 40.5 Å². The molecule has 0 bridgehead atoms. The zero-order chi connectivity index (χ0) is 6.57. The molecule has 0 aliphatic carbocycles. The fourth-order valence-corrected chi connectivity index (χ4v) is 0.577. The molecule has 0 spiro atoms. The van der Waals surface area contributed by atoms with Gasteiger partial charge in [-0.25, -0.2) is 0 Å². The van der Waals surface area contributed by atoms with Crippen molar-refractivity contribution in [3.8, 4) is 0 Å². The van der Waals surface area contributed by atoms with Crippen molar-refractivity contribution in [2.24, 2.45) is 5.92 Å². The summed E-state index contributed by atoms with van der Waals surface area (Å²) in [5.74, 6) is 2.42. The van der Waals surface area contributed by atoms with Crippen LogP contribution in [0.3, 0.4) is 0 Å². The fourth-order valence-electron chi connectivity index (χ4n) is 0.577. The molecule has 0 nitrogen and oxygen atoms in total. The van der Waals surface area contributed by atoms with Gasteiger partial charge in [-0.2, -0.15) is 20.3 Å². The summed E-state index contributed by atoms with van der Waals surface area (Å²) < 4.78 is 0. The molecule has 60 valence electrons. The summed E-state index contributed by atoms with van der Waals surface area (Å²) in [4.78, 5) is 0. The van der Waals surface area contributed by atoms with E-state index in [1.54, 1.807) is 5.92 Å². The molecule has 0 amide bonds. The van der Waals surface area contributed by atoms with Gasteiger partial charge in [-0.05, 0) is 5.92 Å². The van der Waals surface area contributed by atoms with Crippen molar-refractivity contribution in [3.63, 3.8) is 0 Å². The van der Waals surface area contributed by atoms with Gasteiger partial charge in [0, 0.05) is 16.5 Å². The average Bonchev–Trinajstić information content (AvgIpc) is 1.61. The van der Waals surface area contributed by atoms with Gasteiger partial charge < -0.3 is 5.92 Å². The van der Waals surface area contributed by atoms with E-state index < -0.39 is 0 Å². The normalized spacial score (nSPS) is 10.0. The van der Waals surface area contributed by atoms with E-state index in [1.807, 2.05) is 0 Å². The molecule has 0 rings (SSSR count). The maximum atomic E-state index is 2.27. The summed E-state index contributed by atoms with van der Waals surface area (Å²) in [7, 11) is 0. The zero-order valence-electron chi connectivity index (χ0n) is 6.81. The van der Waals surface area contributed by atoms with Crippen molar-refractivity contribution in [1.29, 1.82) is 0 Å². The van der Waals surface area contributed by atoms with Crippen molar-refractivity contribution in [1.82, 2.24) is 0 Å². The maximum absolute atomic E-state index is 2.27. The van der Waals surface area contributed by atoms with Gasteiger partial charge >= 0.3 is 0 Å². The summed E-state index contributed by atoms with van der Waals surface area (Å²) in [6.07, 6.45) is 2.65. The zero-order valence-corrected chi connectivity index (χ0v) is 7.80. The average molecular weight is 172 g/mol. The Kier molecular flexibility index (Phi) is 8.96. The van der Waals surface area contributed by atoms with E-state index in [0.29, 0.717) is 0 Å². The first kappa shape index (κ1) is 12.2. The third-order valence-electron chi connectivity index (χ3n) is 1.22. The smallest absolute Gasteiger partial charge is 0 e. The minimum absolute atomic E-state index is 0. The Labute approximate surface area is 69.3 Å². The van der Waals surface area contributed by atoms with E-state index >= 15 is 0 Å². The van der Waals surface area contributed by atoms with Crippen LogP contribution in [0.4, 0.5) is 0 Å². The first-order chi connectivity index (χ1) is 3.63. The molecule has 0 aromatic heterocycles. The Hall–Kier alpha value is 0.494. The third kappa shape index (κ3) is 11.9. The van der Waals surface area contributed by atoms with Gasteiger partial charge in [0.1, 0.15) is 0 Å². The van der Waals surface area contributed by atoms with E-state index in [9.17, 15) is 0 Å². The first-order valence-corrected chi connectivity index (χ1v) is 3.42. The van der Waals surface area contributed by atoms with Gasteiger partial charge in [-0.3, -0.25) is 0 Å². The Balaban J connectivity index is 0. The van der Waals surface area contributed by atoms with E-state index in [4.69, 9.17) is 0 Å². The van der Waals surface area contributed by atoms with Gasteiger partial charge in [0.25, 0.3) is 0 Å². The maximum Gasteiger partial charge on any atom is 0 e. The Morgan fingerprint density at radius 2 is 1.67 bits per heavy atom. The molecule has 0 saturated heterocycles.